The number of hydrogen-bond acceptors (Lipinski definition) is 2. The summed E-state index contributed by atoms with van der Waals surface area (Å²) in [4.78, 5) is 0. The molecule has 2 aliphatic heterocycles. The molecule has 0 radical (unpaired) electrons. The number of epoxide rings is 2. The van der Waals surface area contributed by atoms with Gasteiger partial charge in [0, 0.05) is 0 Å². The second-order valence-electron chi connectivity index (χ2n) is 7.08. The summed E-state index contributed by atoms with van der Waals surface area (Å²) < 4.78 is 12.5. The van der Waals surface area contributed by atoms with Crippen molar-refractivity contribution in [3.8, 4) is 0 Å². The third-order valence-electron chi connectivity index (χ3n) is 6.38. The molecule has 0 bridgehead atoms. The van der Waals surface area contributed by atoms with Gasteiger partial charge in [-0.15, -0.1) is 0 Å². The molecule has 5 rings (SSSR count). The van der Waals surface area contributed by atoms with E-state index in [4.69, 9.17) is 9.47 Å². The van der Waals surface area contributed by atoms with Crippen LogP contribution in [0, 0.1) is 0 Å². The maximum absolute atomic E-state index is 6.23. The Balaban J connectivity index is 1.90. The highest BCUT2D eigenvalue weighted by Crippen LogP contribution is 2.78. The van der Waals surface area contributed by atoms with E-state index in [1.807, 2.05) is 0 Å². The van der Waals surface area contributed by atoms with Crippen molar-refractivity contribution in [2.45, 2.75) is 50.1 Å². The third-order valence-corrected chi connectivity index (χ3v) is 6.38. The average molecular weight is 266 g/mol. The van der Waals surface area contributed by atoms with Gasteiger partial charge >= 0.3 is 0 Å². The van der Waals surface area contributed by atoms with Crippen molar-refractivity contribution in [2.75, 3.05) is 0 Å². The minimum atomic E-state index is -0.211. The minimum absolute atomic E-state index is 0.204. The molecule has 1 aliphatic carbocycles. The van der Waals surface area contributed by atoms with E-state index in [0.717, 1.165) is 0 Å². The molecule has 2 aromatic rings. The van der Waals surface area contributed by atoms with Crippen LogP contribution in [-0.2, 0) is 20.7 Å². The monoisotopic (exact) mass is 266 g/mol. The van der Waals surface area contributed by atoms with Gasteiger partial charge in [0.15, 0.2) is 0 Å². The Morgan fingerprint density at radius 2 is 1.10 bits per heavy atom. The van der Waals surface area contributed by atoms with Gasteiger partial charge in [-0.25, -0.2) is 0 Å². The number of benzene rings is 2. The van der Waals surface area contributed by atoms with Crippen molar-refractivity contribution in [2.24, 2.45) is 0 Å². The topological polar surface area (TPSA) is 25.1 Å². The molecule has 2 saturated heterocycles. The Morgan fingerprint density at radius 1 is 0.700 bits per heavy atom. The highest BCUT2D eigenvalue weighted by atomic mass is 16.7. The molecule has 20 heavy (non-hydrogen) atoms. The lowest BCUT2D eigenvalue weighted by atomic mass is 9.66. The smallest absolute Gasteiger partial charge is 0.131 e. The highest BCUT2D eigenvalue weighted by Gasteiger charge is 2.89. The fourth-order valence-electron chi connectivity index (χ4n) is 4.52. The van der Waals surface area contributed by atoms with Crippen LogP contribution < -0.4 is 0 Å². The van der Waals surface area contributed by atoms with Gasteiger partial charge in [-0.2, -0.15) is 0 Å². The predicted molar refractivity (Wildman–Crippen MR) is 77.6 cm³/mol. The van der Waals surface area contributed by atoms with Crippen LogP contribution in [0.4, 0.5) is 0 Å². The first-order valence-electron chi connectivity index (χ1n) is 7.30. The quantitative estimate of drug-likeness (QED) is 0.676. The molecule has 4 atom stereocenters. The molecule has 0 unspecified atom stereocenters. The van der Waals surface area contributed by atoms with Gasteiger partial charge in [0.25, 0.3) is 0 Å². The molecule has 2 aromatic carbocycles. The van der Waals surface area contributed by atoms with E-state index in [1.165, 1.54) is 21.9 Å². The minimum Gasteiger partial charge on any atom is -0.355 e. The fourth-order valence-corrected chi connectivity index (χ4v) is 4.52. The molecule has 2 heterocycles. The number of fused-ring (bicyclic) bond motifs is 7. The zero-order valence-corrected chi connectivity index (χ0v) is 12.3. The first kappa shape index (κ1) is 11.3. The van der Waals surface area contributed by atoms with Crippen molar-refractivity contribution in [3.05, 3.63) is 47.5 Å². The molecule has 0 aromatic heterocycles. The van der Waals surface area contributed by atoms with Crippen molar-refractivity contribution in [1.29, 1.82) is 0 Å². The molecular weight excluding hydrogens is 248 g/mol. The second-order valence-corrected chi connectivity index (χ2v) is 7.08. The van der Waals surface area contributed by atoms with Gasteiger partial charge in [0.05, 0.1) is 0 Å². The lowest BCUT2D eigenvalue weighted by Crippen LogP contribution is -2.42. The molecular formula is C18H18O2. The first-order chi connectivity index (χ1) is 9.36. The van der Waals surface area contributed by atoms with Crippen molar-refractivity contribution in [3.63, 3.8) is 0 Å². The van der Waals surface area contributed by atoms with E-state index >= 15 is 0 Å². The Kier molecular flexibility index (Phi) is 1.51. The van der Waals surface area contributed by atoms with Crippen LogP contribution in [0.2, 0.25) is 0 Å². The lowest BCUT2D eigenvalue weighted by Gasteiger charge is -2.29. The normalized spacial score (nSPS) is 47.4. The van der Waals surface area contributed by atoms with E-state index < -0.39 is 0 Å². The predicted octanol–water partition coefficient (Wildman–Crippen LogP) is 3.86. The van der Waals surface area contributed by atoms with Crippen LogP contribution in [-0.4, -0.2) is 11.2 Å². The zero-order valence-electron chi connectivity index (χ0n) is 12.3. The Labute approximate surface area is 118 Å². The van der Waals surface area contributed by atoms with Crippen LogP contribution in [0.5, 0.6) is 0 Å². The van der Waals surface area contributed by atoms with Gasteiger partial charge in [0.1, 0.15) is 22.4 Å². The standard InChI is InChI=1S/C18H18O2/c1-15-13-9-11-7-5-6-8-12(11)10-14(13)16(2)18(4,20-16)17(15,3)19-15/h5-10H,1-4H3/t15-,16-,17-,18-/m1/s1. The van der Waals surface area contributed by atoms with E-state index in [9.17, 15) is 0 Å². The number of hydrogen-bond donors (Lipinski definition) is 0. The highest BCUT2D eigenvalue weighted by molar-refractivity contribution is 5.85. The van der Waals surface area contributed by atoms with Gasteiger partial charge in [-0.05, 0) is 61.7 Å². The van der Waals surface area contributed by atoms with E-state index in [2.05, 4.69) is 64.1 Å². The van der Waals surface area contributed by atoms with E-state index in [0.29, 0.717) is 0 Å². The van der Waals surface area contributed by atoms with Crippen LogP contribution in [0.25, 0.3) is 10.8 Å². The molecule has 0 amide bonds. The van der Waals surface area contributed by atoms with Gasteiger partial charge < -0.3 is 9.47 Å². The summed E-state index contributed by atoms with van der Waals surface area (Å²) in [6.45, 7) is 8.78. The summed E-state index contributed by atoms with van der Waals surface area (Å²) in [5.41, 5.74) is 1.77. The molecule has 0 spiro atoms. The van der Waals surface area contributed by atoms with E-state index in [1.54, 1.807) is 0 Å². The first-order valence-corrected chi connectivity index (χ1v) is 7.30. The number of ether oxygens (including phenoxy) is 2. The summed E-state index contributed by atoms with van der Waals surface area (Å²) in [7, 11) is 0. The molecule has 102 valence electrons. The second kappa shape index (κ2) is 2.68. The van der Waals surface area contributed by atoms with Crippen molar-refractivity contribution < 1.29 is 9.47 Å². The van der Waals surface area contributed by atoms with Crippen LogP contribution in [0.15, 0.2) is 36.4 Å². The Hall–Kier alpha value is -1.38. The van der Waals surface area contributed by atoms with Gasteiger partial charge in [0.2, 0.25) is 0 Å². The average Bonchev–Trinajstić information content (AvgIpc) is 3.22. The van der Waals surface area contributed by atoms with E-state index in [-0.39, 0.29) is 22.4 Å². The molecule has 2 heteroatoms. The summed E-state index contributed by atoms with van der Waals surface area (Å²) in [6.07, 6.45) is 0. The zero-order chi connectivity index (χ0) is 14.0. The summed E-state index contributed by atoms with van der Waals surface area (Å²) in [5, 5.41) is 2.55. The fraction of sp³-hybridized carbons (Fsp3) is 0.444. The molecule has 0 saturated carbocycles. The molecule has 2 nitrogen and oxygen atoms in total. The van der Waals surface area contributed by atoms with Gasteiger partial charge in [-0.1, -0.05) is 24.3 Å². The molecule has 2 fully saturated rings. The SMILES string of the molecule is C[C@@]12O[C@]1(C)c1cc3ccccc3cc1[C@@]1(C)O[C@@]21C. The Morgan fingerprint density at radius 3 is 1.50 bits per heavy atom. The third kappa shape index (κ3) is 0.861. The Bertz CT molecular complexity index is 731. The lowest BCUT2D eigenvalue weighted by molar-refractivity contribution is 0.177. The number of rotatable bonds is 0. The largest absolute Gasteiger partial charge is 0.355 e. The van der Waals surface area contributed by atoms with Crippen LogP contribution in [0.1, 0.15) is 38.8 Å². The summed E-state index contributed by atoms with van der Waals surface area (Å²) >= 11 is 0. The van der Waals surface area contributed by atoms with Crippen molar-refractivity contribution in [1.82, 2.24) is 0 Å². The van der Waals surface area contributed by atoms with Crippen LogP contribution in [0.3, 0.4) is 0 Å². The maximum atomic E-state index is 6.23. The molecule has 3 aliphatic rings. The maximum Gasteiger partial charge on any atom is 0.131 e. The van der Waals surface area contributed by atoms with Gasteiger partial charge in [-0.3, -0.25) is 0 Å². The summed E-state index contributed by atoms with van der Waals surface area (Å²) in [5.74, 6) is 0. The summed E-state index contributed by atoms with van der Waals surface area (Å²) in [6, 6.07) is 13.1. The molecule has 0 N–H and O–H groups in total. The van der Waals surface area contributed by atoms with Crippen molar-refractivity contribution >= 4 is 10.8 Å². The van der Waals surface area contributed by atoms with Crippen LogP contribution >= 0.6 is 0 Å².